The van der Waals surface area contributed by atoms with E-state index in [0.29, 0.717) is 0 Å². The van der Waals surface area contributed by atoms with Crippen LogP contribution < -0.4 is 5.73 Å². The molecule has 0 radical (unpaired) electrons. The lowest BCUT2D eigenvalue weighted by atomic mass is 10.4. The molecule has 0 aliphatic heterocycles. The van der Waals surface area contributed by atoms with Crippen molar-refractivity contribution in [2.45, 2.75) is 0 Å². The second kappa shape index (κ2) is 1.73. The van der Waals surface area contributed by atoms with Gasteiger partial charge in [0.2, 0.25) is 0 Å². The van der Waals surface area contributed by atoms with E-state index in [4.69, 9.17) is 12.6 Å². The molecule has 0 aromatic carbocycles. The van der Waals surface area contributed by atoms with Crippen LogP contribution in [-0.2, 0) is 0 Å². The van der Waals surface area contributed by atoms with Crippen molar-refractivity contribution < 1.29 is 6.85 Å². The smallest absolute Gasteiger partial charge is 0.138 e. The van der Waals surface area contributed by atoms with Crippen molar-refractivity contribution >= 4 is 11.3 Å². The van der Waals surface area contributed by atoms with Gasteiger partial charge in [0.05, 0.1) is 6.85 Å². The summed E-state index contributed by atoms with van der Waals surface area (Å²) >= 11 is 0. The van der Waals surface area contributed by atoms with Crippen LogP contribution in [0.2, 0.25) is 0 Å². The van der Waals surface area contributed by atoms with Gasteiger partial charge in [-0.15, -0.1) is 0 Å². The van der Waals surface area contributed by atoms with E-state index in [1.807, 2.05) is 0 Å². The van der Waals surface area contributed by atoms with Gasteiger partial charge < -0.3 is 10.1 Å². The molecule has 0 saturated carbocycles. The highest BCUT2D eigenvalue weighted by Crippen LogP contribution is 2.05. The van der Waals surface area contributed by atoms with E-state index in [1.165, 1.54) is 0 Å². The molecule has 0 unspecified atom stereocenters. The Kier molecular flexibility index (Phi) is 0.393. The zero-order valence-electron chi connectivity index (χ0n) is 9.97. The van der Waals surface area contributed by atoms with Gasteiger partial charge >= 0.3 is 0 Å². The molecule has 0 spiro atoms. The average Bonchev–Trinajstić information content (AvgIpc) is 2.50. The molecule has 3 heteroatoms. The summed E-state index contributed by atoms with van der Waals surface area (Å²) in [5, 5.41) is 0. The van der Waals surface area contributed by atoms with Crippen LogP contribution in [0.1, 0.15) is 6.85 Å². The zero-order chi connectivity index (χ0) is 11.3. The molecule has 0 aliphatic rings. The molecule has 2 rings (SSSR count). The van der Waals surface area contributed by atoms with Gasteiger partial charge in [0, 0.05) is 30.2 Å². The highest BCUT2D eigenvalue weighted by molar-refractivity contribution is 5.51. The Morgan fingerprint density at radius 1 is 1.60 bits per heavy atom. The number of imidazole rings is 1. The SMILES string of the molecule is [2H]c1nc2c([2H])c(N)c([2H])c([2H])n2c1[2H]. The lowest BCUT2D eigenvalue weighted by Crippen LogP contribution is -1.87. The first-order chi connectivity index (χ1) is 6.95. The van der Waals surface area contributed by atoms with Crippen LogP contribution in [0.4, 0.5) is 5.69 Å². The van der Waals surface area contributed by atoms with Crippen molar-refractivity contribution in [2.75, 3.05) is 5.73 Å². The maximum Gasteiger partial charge on any atom is 0.138 e. The van der Waals surface area contributed by atoms with Crippen molar-refractivity contribution in [2.24, 2.45) is 0 Å². The number of rotatable bonds is 0. The molecule has 3 nitrogen and oxygen atoms in total. The van der Waals surface area contributed by atoms with Crippen LogP contribution in [0.3, 0.4) is 0 Å². The molecular formula is C7H7N3. The predicted molar refractivity (Wildman–Crippen MR) is 39.6 cm³/mol. The summed E-state index contributed by atoms with van der Waals surface area (Å²) in [6.07, 6.45) is -0.964. The molecule has 0 aliphatic carbocycles. The fourth-order valence-electron chi connectivity index (χ4n) is 0.663. The maximum absolute atomic E-state index is 7.56. The molecule has 0 bridgehead atoms. The van der Waals surface area contributed by atoms with Crippen LogP contribution in [-0.4, -0.2) is 9.38 Å². The monoisotopic (exact) mass is 138 g/mol. The van der Waals surface area contributed by atoms with Crippen molar-refractivity contribution in [3.05, 3.63) is 30.6 Å². The fraction of sp³-hybridized carbons (Fsp3) is 0. The quantitative estimate of drug-likeness (QED) is 0.588. The van der Waals surface area contributed by atoms with Gasteiger partial charge in [-0.25, -0.2) is 4.98 Å². The number of pyridine rings is 1. The number of fused-ring (bicyclic) bond motifs is 1. The first-order valence-corrected chi connectivity index (χ1v) is 2.66. The molecule has 0 fully saturated rings. The maximum atomic E-state index is 7.56. The van der Waals surface area contributed by atoms with Gasteiger partial charge in [-0.05, 0) is 6.04 Å². The second-order valence-electron chi connectivity index (χ2n) is 1.77. The van der Waals surface area contributed by atoms with Crippen molar-refractivity contribution in [3.63, 3.8) is 0 Å². The number of hydrogen-bond donors (Lipinski definition) is 1. The summed E-state index contributed by atoms with van der Waals surface area (Å²) in [6, 6.07) is -0.540. The van der Waals surface area contributed by atoms with Crippen LogP contribution >= 0.6 is 0 Å². The lowest BCUT2D eigenvalue weighted by molar-refractivity contribution is 1.19. The van der Waals surface area contributed by atoms with E-state index in [1.54, 1.807) is 0 Å². The Morgan fingerprint density at radius 2 is 2.50 bits per heavy atom. The van der Waals surface area contributed by atoms with E-state index in [-0.39, 0.29) is 41.9 Å². The zero-order valence-corrected chi connectivity index (χ0v) is 4.97. The van der Waals surface area contributed by atoms with E-state index < -0.39 is 0 Å². The highest BCUT2D eigenvalue weighted by atomic mass is 15.0. The number of nitrogens with two attached hydrogens (primary N) is 1. The molecule has 0 amide bonds. The second-order valence-corrected chi connectivity index (χ2v) is 1.77. The Morgan fingerprint density at radius 3 is 3.40 bits per heavy atom. The molecule has 50 valence electrons. The Bertz CT molecular complexity index is 562. The summed E-state index contributed by atoms with van der Waals surface area (Å²) < 4.78 is 38.3. The van der Waals surface area contributed by atoms with E-state index in [9.17, 15) is 0 Å². The van der Waals surface area contributed by atoms with Crippen LogP contribution in [0.15, 0.2) is 30.6 Å². The number of aromatic nitrogens is 2. The number of hydrogen-bond acceptors (Lipinski definition) is 2. The molecule has 10 heavy (non-hydrogen) atoms. The van der Waals surface area contributed by atoms with Crippen LogP contribution in [0.25, 0.3) is 5.65 Å². The van der Waals surface area contributed by atoms with Gasteiger partial charge in [-0.3, -0.25) is 0 Å². The largest absolute Gasteiger partial charge is 0.399 e. The van der Waals surface area contributed by atoms with Crippen LogP contribution in [0.5, 0.6) is 0 Å². The van der Waals surface area contributed by atoms with Gasteiger partial charge in [0.1, 0.15) is 5.65 Å². The van der Waals surface area contributed by atoms with Gasteiger partial charge in [-0.1, -0.05) is 0 Å². The fourth-order valence-corrected chi connectivity index (χ4v) is 0.663. The van der Waals surface area contributed by atoms with E-state index in [0.717, 1.165) is 4.40 Å². The summed E-state index contributed by atoms with van der Waals surface area (Å²) in [7, 11) is 0. The molecule has 2 N–H and O–H groups in total. The van der Waals surface area contributed by atoms with Gasteiger partial charge in [0.25, 0.3) is 0 Å². The molecule has 0 saturated heterocycles. The van der Waals surface area contributed by atoms with Crippen molar-refractivity contribution in [3.8, 4) is 0 Å². The van der Waals surface area contributed by atoms with Crippen molar-refractivity contribution in [1.82, 2.24) is 9.38 Å². The molecule has 2 heterocycles. The van der Waals surface area contributed by atoms with Gasteiger partial charge in [-0.2, -0.15) is 0 Å². The minimum atomic E-state index is -0.331. The summed E-state index contributed by atoms with van der Waals surface area (Å²) in [5.41, 5.74) is 5.26. The summed E-state index contributed by atoms with van der Waals surface area (Å²) in [4.78, 5) is 3.65. The van der Waals surface area contributed by atoms with Crippen LogP contribution in [0, 0.1) is 0 Å². The third-order valence-electron chi connectivity index (χ3n) is 1.08. The third-order valence-corrected chi connectivity index (χ3v) is 1.08. The normalized spacial score (nSPS) is 17.4. The molecule has 0 atom stereocenters. The average molecular weight is 138 g/mol. The summed E-state index contributed by atoms with van der Waals surface area (Å²) in [6.45, 7) is 0. The highest BCUT2D eigenvalue weighted by Gasteiger charge is 1.90. The predicted octanol–water partition coefficient (Wildman–Crippen LogP) is 0.916. The molecular weight excluding hydrogens is 126 g/mol. The Labute approximate surface area is 65.1 Å². The standard InChI is InChI=1S/C7H7N3/c8-6-1-3-10-4-2-9-7(10)5-6/h1-5H,8H2/i1D,2D,3D,4D,5D. The minimum Gasteiger partial charge on any atom is -0.399 e. The van der Waals surface area contributed by atoms with E-state index in [2.05, 4.69) is 4.98 Å². The lowest BCUT2D eigenvalue weighted by Gasteiger charge is -1.92. The van der Waals surface area contributed by atoms with Crippen molar-refractivity contribution in [1.29, 1.82) is 0 Å². The number of nitrogens with zero attached hydrogens (tertiary/aromatic N) is 2. The first kappa shape index (κ1) is 2.27. The first-order valence-electron chi connectivity index (χ1n) is 5.16. The molecule has 2 aromatic rings. The summed E-state index contributed by atoms with van der Waals surface area (Å²) in [5.74, 6) is 0. The minimum absolute atomic E-state index is 0.0245. The molecule has 2 aromatic heterocycles. The topological polar surface area (TPSA) is 43.3 Å². The third kappa shape index (κ3) is 0.639. The van der Waals surface area contributed by atoms with Gasteiger partial charge in [0.15, 0.2) is 0 Å². The number of anilines is 1. The Balaban J connectivity index is 3.07. The van der Waals surface area contributed by atoms with E-state index >= 15 is 0 Å². The Hall–Kier alpha value is -1.51. The number of nitrogen functional groups attached to an aromatic ring is 1.